The molecule has 0 amide bonds. The number of aliphatic hydroxyl groups is 1. The number of hydrogen-bond donors (Lipinski definition) is 1. The monoisotopic (exact) mass is 225 g/mol. The lowest BCUT2D eigenvalue weighted by molar-refractivity contribution is 0.297. The zero-order chi connectivity index (χ0) is 10.8. The Bertz CT molecular complexity index is 464. The molecule has 2 aromatic heterocycles. The zero-order valence-electron chi connectivity index (χ0n) is 8.52. The minimum Gasteiger partial charge on any atom is -0.440 e. The summed E-state index contributed by atoms with van der Waals surface area (Å²) in [5, 5.41) is 12.7. The fourth-order valence-electron chi connectivity index (χ4n) is 1.29. The van der Waals surface area contributed by atoms with Crippen molar-refractivity contribution in [3.8, 4) is 10.8 Å². The Morgan fingerprint density at radius 3 is 2.80 bits per heavy atom. The highest BCUT2D eigenvalue weighted by Gasteiger charge is 2.15. The van der Waals surface area contributed by atoms with E-state index in [0.29, 0.717) is 12.3 Å². The average Bonchev–Trinajstić information content (AvgIpc) is 2.75. The highest BCUT2D eigenvalue weighted by atomic mass is 32.1. The lowest BCUT2D eigenvalue weighted by atomic mass is 10.3. The molecule has 0 spiro atoms. The number of aliphatic hydroxyl groups excluding tert-OH is 1. The quantitative estimate of drug-likeness (QED) is 0.853. The smallest absolute Gasteiger partial charge is 0.240 e. The van der Waals surface area contributed by atoms with E-state index in [0.717, 1.165) is 22.0 Å². The molecule has 0 aliphatic rings. The second kappa shape index (κ2) is 4.08. The van der Waals surface area contributed by atoms with Crippen molar-refractivity contribution in [3.63, 3.8) is 0 Å². The molecular weight excluding hydrogens is 214 g/mol. The summed E-state index contributed by atoms with van der Waals surface area (Å²) >= 11 is 1.26. The summed E-state index contributed by atoms with van der Waals surface area (Å²) in [6.07, 6.45) is 0.514. The van der Waals surface area contributed by atoms with Crippen molar-refractivity contribution < 1.29 is 9.52 Å². The van der Waals surface area contributed by atoms with Gasteiger partial charge in [-0.05, 0) is 25.4 Å². The van der Waals surface area contributed by atoms with Gasteiger partial charge in [0.15, 0.2) is 0 Å². The predicted octanol–water partition coefficient (Wildman–Crippen LogP) is 1.34. The predicted molar refractivity (Wildman–Crippen MR) is 55.7 cm³/mol. The maximum absolute atomic E-state index is 8.83. The van der Waals surface area contributed by atoms with Gasteiger partial charge in [0.25, 0.3) is 0 Å². The van der Waals surface area contributed by atoms with Crippen molar-refractivity contribution in [1.29, 1.82) is 0 Å². The number of hydrogen-bond acceptors (Lipinski definition) is 6. The van der Waals surface area contributed by atoms with Crippen LogP contribution in [-0.4, -0.2) is 26.3 Å². The molecule has 0 aromatic carbocycles. The topological polar surface area (TPSA) is 72.0 Å². The van der Waals surface area contributed by atoms with Crippen molar-refractivity contribution in [1.82, 2.24) is 14.6 Å². The highest BCUT2D eigenvalue weighted by molar-refractivity contribution is 7.09. The van der Waals surface area contributed by atoms with Crippen LogP contribution in [0, 0.1) is 13.8 Å². The zero-order valence-corrected chi connectivity index (χ0v) is 9.34. The van der Waals surface area contributed by atoms with Gasteiger partial charge in [0, 0.05) is 13.0 Å². The molecule has 5 nitrogen and oxygen atoms in total. The molecule has 1 N–H and O–H groups in total. The van der Waals surface area contributed by atoms with E-state index in [9.17, 15) is 0 Å². The van der Waals surface area contributed by atoms with Crippen molar-refractivity contribution in [2.45, 2.75) is 20.3 Å². The summed E-state index contributed by atoms with van der Waals surface area (Å²) in [5.41, 5.74) is 1.61. The minimum atomic E-state index is 0.0761. The summed E-state index contributed by atoms with van der Waals surface area (Å²) in [4.78, 5) is 5.16. The van der Waals surface area contributed by atoms with Gasteiger partial charge in [-0.25, -0.2) is 4.98 Å². The highest BCUT2D eigenvalue weighted by Crippen LogP contribution is 2.26. The van der Waals surface area contributed by atoms with Crippen molar-refractivity contribution in [3.05, 3.63) is 17.1 Å². The first kappa shape index (κ1) is 10.3. The molecule has 0 saturated carbocycles. The fourth-order valence-corrected chi connectivity index (χ4v) is 1.87. The molecule has 0 aliphatic heterocycles. The van der Waals surface area contributed by atoms with E-state index in [-0.39, 0.29) is 6.61 Å². The summed E-state index contributed by atoms with van der Waals surface area (Å²) < 4.78 is 9.33. The third-order valence-electron chi connectivity index (χ3n) is 2.09. The van der Waals surface area contributed by atoms with E-state index in [1.807, 2.05) is 13.8 Å². The SMILES string of the molecule is Cc1nnsc1-c1nc(CCO)c(C)o1. The van der Waals surface area contributed by atoms with E-state index >= 15 is 0 Å². The second-order valence-electron chi connectivity index (χ2n) is 3.18. The van der Waals surface area contributed by atoms with Gasteiger partial charge in [0.05, 0.1) is 11.4 Å². The van der Waals surface area contributed by atoms with Gasteiger partial charge in [-0.3, -0.25) is 0 Å². The Kier molecular flexibility index (Phi) is 2.79. The first-order valence-corrected chi connectivity index (χ1v) is 5.36. The Hall–Kier alpha value is -1.27. The molecule has 0 aliphatic carbocycles. The molecule has 0 atom stereocenters. The van der Waals surface area contributed by atoms with Gasteiger partial charge in [0.2, 0.25) is 5.89 Å². The van der Waals surface area contributed by atoms with Crippen LogP contribution in [0.2, 0.25) is 0 Å². The fraction of sp³-hybridized carbons (Fsp3) is 0.444. The molecular formula is C9H11N3O2S. The first-order chi connectivity index (χ1) is 7.22. The Morgan fingerprint density at radius 2 is 2.20 bits per heavy atom. The average molecular weight is 225 g/mol. The molecule has 6 heteroatoms. The van der Waals surface area contributed by atoms with Crippen LogP contribution in [-0.2, 0) is 6.42 Å². The van der Waals surface area contributed by atoms with Gasteiger partial charge >= 0.3 is 0 Å². The summed E-state index contributed by atoms with van der Waals surface area (Å²) in [7, 11) is 0. The van der Waals surface area contributed by atoms with Crippen LogP contribution < -0.4 is 0 Å². The standard InChI is InChI=1S/C9H11N3O2S/c1-5-8(15-12-11-5)9-10-7(3-4-13)6(2)14-9/h13H,3-4H2,1-2H3. The third kappa shape index (κ3) is 1.91. The van der Waals surface area contributed by atoms with Gasteiger partial charge in [-0.15, -0.1) is 5.10 Å². The van der Waals surface area contributed by atoms with Crippen molar-refractivity contribution in [2.75, 3.05) is 6.61 Å². The van der Waals surface area contributed by atoms with Crippen LogP contribution in [0.15, 0.2) is 4.42 Å². The lowest BCUT2D eigenvalue weighted by Gasteiger charge is -1.88. The van der Waals surface area contributed by atoms with Crippen LogP contribution in [0.1, 0.15) is 17.1 Å². The van der Waals surface area contributed by atoms with Gasteiger partial charge in [-0.1, -0.05) is 4.49 Å². The van der Waals surface area contributed by atoms with Crippen LogP contribution in [0.5, 0.6) is 0 Å². The van der Waals surface area contributed by atoms with Gasteiger partial charge in [0.1, 0.15) is 10.6 Å². The molecule has 2 rings (SSSR count). The van der Waals surface area contributed by atoms with E-state index in [1.54, 1.807) is 0 Å². The number of nitrogens with zero attached hydrogens (tertiary/aromatic N) is 3. The molecule has 80 valence electrons. The van der Waals surface area contributed by atoms with Crippen molar-refractivity contribution >= 4 is 11.5 Å². The van der Waals surface area contributed by atoms with Crippen LogP contribution in [0.4, 0.5) is 0 Å². The molecule has 0 bridgehead atoms. The number of aryl methyl sites for hydroxylation is 2. The number of aromatic nitrogens is 3. The van der Waals surface area contributed by atoms with Crippen LogP contribution in [0.3, 0.4) is 0 Å². The third-order valence-corrected chi connectivity index (χ3v) is 2.90. The minimum absolute atomic E-state index is 0.0761. The first-order valence-electron chi connectivity index (χ1n) is 4.59. The molecule has 0 fully saturated rings. The molecule has 0 radical (unpaired) electrons. The molecule has 2 heterocycles. The Morgan fingerprint density at radius 1 is 1.40 bits per heavy atom. The molecule has 15 heavy (non-hydrogen) atoms. The van der Waals surface area contributed by atoms with E-state index in [1.165, 1.54) is 11.5 Å². The molecule has 0 saturated heterocycles. The van der Waals surface area contributed by atoms with Crippen molar-refractivity contribution in [2.24, 2.45) is 0 Å². The van der Waals surface area contributed by atoms with E-state index < -0.39 is 0 Å². The lowest BCUT2D eigenvalue weighted by Crippen LogP contribution is -1.92. The normalized spacial score (nSPS) is 10.9. The van der Waals surface area contributed by atoms with E-state index in [2.05, 4.69) is 14.6 Å². The van der Waals surface area contributed by atoms with Gasteiger partial charge in [-0.2, -0.15) is 0 Å². The van der Waals surface area contributed by atoms with Gasteiger partial charge < -0.3 is 9.52 Å². The number of oxazole rings is 1. The summed E-state index contributed by atoms with van der Waals surface area (Å²) in [5.74, 6) is 1.29. The second-order valence-corrected chi connectivity index (χ2v) is 3.94. The summed E-state index contributed by atoms with van der Waals surface area (Å²) in [6, 6.07) is 0. The maximum Gasteiger partial charge on any atom is 0.240 e. The Balaban J connectivity index is 2.38. The van der Waals surface area contributed by atoms with Crippen LogP contribution >= 0.6 is 11.5 Å². The van der Waals surface area contributed by atoms with E-state index in [4.69, 9.17) is 9.52 Å². The Labute approximate surface area is 90.9 Å². The number of rotatable bonds is 3. The maximum atomic E-state index is 8.83. The van der Waals surface area contributed by atoms with Crippen LogP contribution in [0.25, 0.3) is 10.8 Å². The molecule has 2 aromatic rings. The molecule has 0 unspecified atom stereocenters. The summed E-state index contributed by atoms with van der Waals surface area (Å²) in [6.45, 7) is 3.78. The largest absolute Gasteiger partial charge is 0.440 e.